The van der Waals surface area contributed by atoms with Crippen molar-refractivity contribution in [1.82, 2.24) is 24.6 Å². The third-order valence-electron chi connectivity index (χ3n) is 5.09. The molecule has 0 fully saturated rings. The van der Waals surface area contributed by atoms with E-state index in [-0.39, 0.29) is 6.61 Å². The van der Waals surface area contributed by atoms with Gasteiger partial charge in [0.15, 0.2) is 5.65 Å². The van der Waals surface area contributed by atoms with E-state index in [0.29, 0.717) is 34.8 Å². The lowest BCUT2D eigenvalue weighted by atomic mass is 10.1. The largest absolute Gasteiger partial charge is 0.391 e. The van der Waals surface area contributed by atoms with E-state index in [9.17, 15) is 9.50 Å². The fourth-order valence-electron chi connectivity index (χ4n) is 3.61. The van der Waals surface area contributed by atoms with Gasteiger partial charge in [0.05, 0.1) is 24.7 Å². The van der Waals surface area contributed by atoms with Crippen LogP contribution >= 0.6 is 0 Å². The lowest BCUT2D eigenvalue weighted by molar-refractivity contribution is 0.283. The number of H-pyrrole nitrogens is 1. The first-order valence-electron chi connectivity index (χ1n) is 9.61. The second-order valence-electron chi connectivity index (χ2n) is 7.02. The topological polar surface area (TPSA) is 91.1 Å². The summed E-state index contributed by atoms with van der Waals surface area (Å²) in [5.74, 6) is 0.276. The fraction of sp³-hybridized carbons (Fsp3) is 0.136. The van der Waals surface area contributed by atoms with Gasteiger partial charge in [0.25, 0.3) is 0 Å². The zero-order chi connectivity index (χ0) is 20.5. The van der Waals surface area contributed by atoms with Gasteiger partial charge < -0.3 is 15.4 Å². The molecule has 4 aromatic heterocycles. The number of nitrogens with zero attached hydrogens (tertiary/aromatic N) is 4. The molecule has 0 aliphatic carbocycles. The Hall–Kier alpha value is -3.78. The molecule has 0 saturated carbocycles. The normalized spacial score (nSPS) is 11.4. The van der Waals surface area contributed by atoms with Crippen LogP contribution in [0.15, 0.2) is 61.2 Å². The highest BCUT2D eigenvalue weighted by atomic mass is 19.1. The van der Waals surface area contributed by atoms with Crippen LogP contribution < -0.4 is 5.32 Å². The average Bonchev–Trinajstić information content (AvgIpc) is 3.38. The van der Waals surface area contributed by atoms with Gasteiger partial charge in [0, 0.05) is 47.0 Å². The zero-order valence-electron chi connectivity index (χ0n) is 16.0. The molecule has 150 valence electrons. The molecule has 0 saturated heterocycles. The van der Waals surface area contributed by atoms with Crippen LogP contribution in [-0.2, 0) is 13.0 Å². The van der Waals surface area contributed by atoms with Gasteiger partial charge in [-0.2, -0.15) is 9.61 Å². The van der Waals surface area contributed by atoms with Gasteiger partial charge in [-0.05, 0) is 24.1 Å². The number of aromatic nitrogens is 5. The SMILES string of the molecule is OCc1cnn2c(NCCc3c[nH]c4ccccc34)cc(-c3cncc(F)c3)nc12. The Bertz CT molecular complexity index is 1340. The van der Waals surface area contributed by atoms with Crippen molar-refractivity contribution in [3.05, 3.63) is 78.1 Å². The molecule has 0 radical (unpaired) electrons. The molecule has 3 N–H and O–H groups in total. The molecule has 8 heteroatoms. The third kappa shape index (κ3) is 3.27. The molecule has 0 spiro atoms. The van der Waals surface area contributed by atoms with E-state index in [4.69, 9.17) is 0 Å². The van der Waals surface area contributed by atoms with Gasteiger partial charge in [-0.3, -0.25) is 4.98 Å². The van der Waals surface area contributed by atoms with Crippen LogP contribution in [0.3, 0.4) is 0 Å². The summed E-state index contributed by atoms with van der Waals surface area (Å²) < 4.78 is 15.3. The Labute approximate surface area is 171 Å². The van der Waals surface area contributed by atoms with Crippen LogP contribution in [0, 0.1) is 5.82 Å². The standard InChI is InChI=1S/C22H19FN6O/c23-17-7-15(9-24-12-17)20-8-21(29-22(28-20)16(13-30)11-27-29)25-6-5-14-10-26-19-4-2-1-3-18(14)19/h1-4,7-12,25-26,30H,5-6,13H2. The summed E-state index contributed by atoms with van der Waals surface area (Å²) in [6.45, 7) is 0.478. The second-order valence-corrected chi connectivity index (χ2v) is 7.02. The average molecular weight is 402 g/mol. The number of para-hydroxylation sites is 1. The number of nitrogens with one attached hydrogen (secondary N) is 2. The van der Waals surface area contributed by atoms with Gasteiger partial charge in [-0.1, -0.05) is 18.2 Å². The molecule has 4 heterocycles. The van der Waals surface area contributed by atoms with E-state index >= 15 is 0 Å². The van der Waals surface area contributed by atoms with Crippen molar-refractivity contribution >= 4 is 22.4 Å². The molecular formula is C22H19FN6O. The minimum atomic E-state index is -0.432. The monoisotopic (exact) mass is 402 g/mol. The van der Waals surface area contributed by atoms with Crippen molar-refractivity contribution in [1.29, 1.82) is 0 Å². The summed E-state index contributed by atoms with van der Waals surface area (Å²) in [5, 5.41) is 18.6. The highest BCUT2D eigenvalue weighted by molar-refractivity contribution is 5.83. The molecule has 0 amide bonds. The number of pyridine rings is 1. The van der Waals surface area contributed by atoms with E-state index in [0.717, 1.165) is 18.1 Å². The Kier molecular flexibility index (Phi) is 4.61. The van der Waals surface area contributed by atoms with Crippen LogP contribution in [0.1, 0.15) is 11.1 Å². The van der Waals surface area contributed by atoms with Crippen LogP contribution in [0.5, 0.6) is 0 Å². The molecule has 0 aliphatic rings. The maximum absolute atomic E-state index is 13.7. The van der Waals surface area contributed by atoms with Crippen LogP contribution in [0.2, 0.25) is 0 Å². The predicted octanol–water partition coefficient (Wildman–Crippen LogP) is 3.56. The van der Waals surface area contributed by atoms with Crippen LogP contribution in [-0.4, -0.2) is 36.2 Å². The highest BCUT2D eigenvalue weighted by Crippen LogP contribution is 2.24. The van der Waals surface area contributed by atoms with Gasteiger partial charge >= 0.3 is 0 Å². The van der Waals surface area contributed by atoms with Crippen LogP contribution in [0.4, 0.5) is 10.2 Å². The van der Waals surface area contributed by atoms with E-state index in [1.165, 1.54) is 17.0 Å². The molecular weight excluding hydrogens is 383 g/mol. The van der Waals surface area contributed by atoms with E-state index in [2.05, 4.69) is 37.5 Å². The lowest BCUT2D eigenvalue weighted by Gasteiger charge is -2.11. The number of benzene rings is 1. The minimum absolute atomic E-state index is 0.184. The molecule has 5 rings (SSSR count). The number of anilines is 1. The Morgan fingerprint density at radius 2 is 2.00 bits per heavy atom. The number of hydrogen-bond acceptors (Lipinski definition) is 5. The van der Waals surface area contributed by atoms with Crippen molar-refractivity contribution in [2.24, 2.45) is 0 Å². The molecule has 0 unspecified atom stereocenters. The first kappa shape index (κ1) is 18.3. The quantitative estimate of drug-likeness (QED) is 0.404. The summed E-state index contributed by atoms with van der Waals surface area (Å²) in [7, 11) is 0. The molecule has 0 aliphatic heterocycles. The summed E-state index contributed by atoms with van der Waals surface area (Å²) >= 11 is 0. The lowest BCUT2D eigenvalue weighted by Crippen LogP contribution is -2.10. The molecule has 7 nitrogen and oxygen atoms in total. The summed E-state index contributed by atoms with van der Waals surface area (Å²) in [4.78, 5) is 11.8. The van der Waals surface area contributed by atoms with E-state index < -0.39 is 5.82 Å². The Morgan fingerprint density at radius 1 is 1.10 bits per heavy atom. The maximum Gasteiger partial charge on any atom is 0.163 e. The minimum Gasteiger partial charge on any atom is -0.391 e. The highest BCUT2D eigenvalue weighted by Gasteiger charge is 2.13. The number of aromatic amines is 1. The van der Waals surface area contributed by atoms with Crippen molar-refractivity contribution in [3.8, 4) is 11.3 Å². The van der Waals surface area contributed by atoms with Gasteiger partial charge in [0.1, 0.15) is 11.6 Å². The Morgan fingerprint density at radius 3 is 2.87 bits per heavy atom. The number of halogens is 1. The van der Waals surface area contributed by atoms with Crippen molar-refractivity contribution in [2.45, 2.75) is 13.0 Å². The molecule has 1 aromatic carbocycles. The predicted molar refractivity (Wildman–Crippen MR) is 113 cm³/mol. The number of aliphatic hydroxyl groups excluding tert-OH is 1. The Balaban J connectivity index is 1.47. The van der Waals surface area contributed by atoms with Gasteiger partial charge in [0.2, 0.25) is 0 Å². The third-order valence-corrected chi connectivity index (χ3v) is 5.09. The summed E-state index contributed by atoms with van der Waals surface area (Å²) in [6.07, 6.45) is 7.13. The number of rotatable bonds is 6. The second kappa shape index (κ2) is 7.57. The van der Waals surface area contributed by atoms with Gasteiger partial charge in [-0.15, -0.1) is 0 Å². The van der Waals surface area contributed by atoms with Crippen molar-refractivity contribution in [2.75, 3.05) is 11.9 Å². The zero-order valence-corrected chi connectivity index (χ0v) is 16.0. The van der Waals surface area contributed by atoms with Crippen molar-refractivity contribution < 1.29 is 9.50 Å². The van der Waals surface area contributed by atoms with Crippen molar-refractivity contribution in [3.63, 3.8) is 0 Å². The van der Waals surface area contributed by atoms with E-state index in [1.807, 2.05) is 24.4 Å². The van der Waals surface area contributed by atoms with Crippen LogP contribution in [0.25, 0.3) is 27.8 Å². The summed E-state index contributed by atoms with van der Waals surface area (Å²) in [5.41, 5.74) is 4.56. The molecule has 30 heavy (non-hydrogen) atoms. The maximum atomic E-state index is 13.7. The molecule has 0 atom stereocenters. The summed E-state index contributed by atoms with van der Waals surface area (Å²) in [6, 6.07) is 11.4. The smallest absolute Gasteiger partial charge is 0.163 e. The molecule has 0 bridgehead atoms. The molecule has 5 aromatic rings. The first-order valence-corrected chi connectivity index (χ1v) is 9.61. The number of hydrogen-bond donors (Lipinski definition) is 3. The van der Waals surface area contributed by atoms with Gasteiger partial charge in [-0.25, -0.2) is 9.37 Å². The first-order chi connectivity index (χ1) is 14.7. The number of fused-ring (bicyclic) bond motifs is 2. The fourth-order valence-corrected chi connectivity index (χ4v) is 3.61. The number of aliphatic hydroxyl groups is 1. The van der Waals surface area contributed by atoms with E-state index in [1.54, 1.807) is 16.9 Å².